The van der Waals surface area contributed by atoms with Crippen molar-refractivity contribution < 1.29 is 4.79 Å². The second-order valence-corrected chi connectivity index (χ2v) is 7.10. The van der Waals surface area contributed by atoms with E-state index in [1.165, 1.54) is 11.3 Å². The zero-order valence-electron chi connectivity index (χ0n) is 13.3. The Hall–Kier alpha value is -2.15. The predicted molar refractivity (Wildman–Crippen MR) is 89.7 cm³/mol. The van der Waals surface area contributed by atoms with Gasteiger partial charge in [0, 0.05) is 37.9 Å². The molecule has 0 saturated carbocycles. The number of rotatable bonds is 2. The number of piperidine rings is 1. The van der Waals surface area contributed by atoms with Gasteiger partial charge in [-0.3, -0.25) is 14.2 Å². The van der Waals surface area contributed by atoms with E-state index in [2.05, 4.69) is 10.2 Å². The molecule has 0 bridgehead atoms. The van der Waals surface area contributed by atoms with E-state index in [0.29, 0.717) is 0 Å². The Kier molecular flexibility index (Phi) is 3.45. The summed E-state index contributed by atoms with van der Waals surface area (Å²) < 4.78 is 3.83. The normalized spacial score (nSPS) is 18.7. The van der Waals surface area contributed by atoms with Gasteiger partial charge in [-0.25, -0.2) is 0 Å². The number of hydrogen-bond acceptors (Lipinski definition) is 4. The summed E-state index contributed by atoms with van der Waals surface area (Å²) in [4.78, 5) is 16.7. The lowest BCUT2D eigenvalue weighted by Crippen LogP contribution is -2.40. The van der Waals surface area contributed by atoms with E-state index in [1.54, 1.807) is 6.20 Å². The van der Waals surface area contributed by atoms with Gasteiger partial charge in [-0.15, -0.1) is 11.3 Å². The minimum Gasteiger partial charge on any atom is -0.336 e. The first kappa shape index (κ1) is 14.4. The van der Waals surface area contributed by atoms with Gasteiger partial charge in [0.2, 0.25) is 0 Å². The average Bonchev–Trinajstić information content (AvgIpc) is 3.27. The van der Waals surface area contributed by atoms with Gasteiger partial charge in [0.05, 0.1) is 16.6 Å². The first-order valence-electron chi connectivity index (χ1n) is 7.85. The van der Waals surface area contributed by atoms with Crippen molar-refractivity contribution in [2.45, 2.75) is 25.8 Å². The number of fused-ring (bicyclic) bond motifs is 1. The molecule has 0 N–H and O–H groups in total. The molecule has 0 aliphatic carbocycles. The highest BCUT2D eigenvalue weighted by atomic mass is 32.1. The third kappa shape index (κ3) is 2.45. The van der Waals surface area contributed by atoms with Crippen molar-refractivity contribution in [1.29, 1.82) is 0 Å². The molecule has 23 heavy (non-hydrogen) atoms. The van der Waals surface area contributed by atoms with Gasteiger partial charge >= 0.3 is 0 Å². The van der Waals surface area contributed by atoms with Gasteiger partial charge in [-0.2, -0.15) is 10.2 Å². The highest BCUT2D eigenvalue weighted by Gasteiger charge is 2.27. The van der Waals surface area contributed by atoms with Crippen molar-refractivity contribution in [3.63, 3.8) is 0 Å². The molecule has 1 saturated heterocycles. The number of likely N-dealkylation sites (tertiary alicyclic amines) is 1. The lowest BCUT2D eigenvalue weighted by molar-refractivity contribution is 0.0678. The molecule has 1 unspecified atom stereocenters. The van der Waals surface area contributed by atoms with Crippen LogP contribution in [0, 0.1) is 6.92 Å². The van der Waals surface area contributed by atoms with Crippen LogP contribution in [0.4, 0.5) is 0 Å². The highest BCUT2D eigenvalue weighted by Crippen LogP contribution is 2.30. The summed E-state index contributed by atoms with van der Waals surface area (Å²) in [6.45, 7) is 3.53. The van der Waals surface area contributed by atoms with Gasteiger partial charge in [0.25, 0.3) is 5.91 Å². The molecule has 0 aromatic carbocycles. The SMILES string of the molecule is Cc1nn(C)c2sc(C(=O)N3CCCC(n4cccn4)C3)cc12. The van der Waals surface area contributed by atoms with Crippen molar-refractivity contribution in [3.05, 3.63) is 35.1 Å². The summed E-state index contributed by atoms with van der Waals surface area (Å²) in [6, 6.07) is 4.20. The van der Waals surface area contributed by atoms with E-state index in [1.807, 2.05) is 46.6 Å². The van der Waals surface area contributed by atoms with E-state index in [9.17, 15) is 4.79 Å². The minimum atomic E-state index is 0.127. The largest absolute Gasteiger partial charge is 0.336 e. The third-order valence-electron chi connectivity index (χ3n) is 4.49. The summed E-state index contributed by atoms with van der Waals surface area (Å²) in [5.74, 6) is 0.127. The van der Waals surface area contributed by atoms with Gasteiger partial charge in [0.15, 0.2) is 0 Å². The average molecular weight is 329 g/mol. The maximum atomic E-state index is 12.9. The van der Waals surface area contributed by atoms with Crippen molar-refractivity contribution >= 4 is 27.5 Å². The Balaban J connectivity index is 1.58. The fourth-order valence-corrected chi connectivity index (χ4v) is 4.41. The molecule has 1 atom stereocenters. The Morgan fingerprint density at radius 1 is 1.43 bits per heavy atom. The number of carbonyl (C=O) groups is 1. The molecule has 3 aromatic heterocycles. The smallest absolute Gasteiger partial charge is 0.264 e. The second kappa shape index (κ2) is 5.49. The Morgan fingerprint density at radius 3 is 3.04 bits per heavy atom. The predicted octanol–water partition coefficient (Wildman–Crippen LogP) is 2.62. The van der Waals surface area contributed by atoms with Crippen molar-refractivity contribution in [2.75, 3.05) is 13.1 Å². The zero-order chi connectivity index (χ0) is 16.0. The van der Waals surface area contributed by atoms with Crippen LogP contribution in [0.25, 0.3) is 10.2 Å². The molecule has 4 rings (SSSR count). The van der Waals surface area contributed by atoms with E-state index < -0.39 is 0 Å². The molecule has 1 amide bonds. The molecular formula is C16H19N5OS. The monoisotopic (exact) mass is 329 g/mol. The molecule has 0 spiro atoms. The van der Waals surface area contributed by atoms with Gasteiger partial charge < -0.3 is 4.90 Å². The van der Waals surface area contributed by atoms with Crippen LogP contribution in [0.2, 0.25) is 0 Å². The van der Waals surface area contributed by atoms with Crippen LogP contribution in [0.15, 0.2) is 24.5 Å². The summed E-state index contributed by atoms with van der Waals surface area (Å²) in [5, 5.41) is 9.81. The van der Waals surface area contributed by atoms with Crippen LogP contribution in [0.5, 0.6) is 0 Å². The third-order valence-corrected chi connectivity index (χ3v) is 5.68. The molecule has 6 nitrogen and oxygen atoms in total. The van der Waals surface area contributed by atoms with E-state index in [-0.39, 0.29) is 11.9 Å². The lowest BCUT2D eigenvalue weighted by atomic mass is 10.1. The quantitative estimate of drug-likeness (QED) is 0.726. The maximum absolute atomic E-state index is 12.9. The number of aryl methyl sites for hydroxylation is 2. The molecule has 120 valence electrons. The number of hydrogen-bond donors (Lipinski definition) is 0. The molecular weight excluding hydrogens is 310 g/mol. The Labute approximate surface area is 138 Å². The standard InChI is InChI=1S/C16H19N5OS/c1-11-13-9-14(23-16(13)19(2)18-11)15(22)20-7-3-5-12(10-20)21-8-4-6-17-21/h4,6,8-9,12H,3,5,7,10H2,1-2H3. The van der Waals surface area contributed by atoms with E-state index in [0.717, 1.165) is 46.7 Å². The van der Waals surface area contributed by atoms with Crippen molar-refractivity contribution in [2.24, 2.45) is 7.05 Å². The maximum Gasteiger partial charge on any atom is 0.264 e. The van der Waals surface area contributed by atoms with Crippen LogP contribution in [-0.4, -0.2) is 43.5 Å². The molecule has 7 heteroatoms. The highest BCUT2D eigenvalue weighted by molar-refractivity contribution is 7.20. The zero-order valence-corrected chi connectivity index (χ0v) is 14.1. The summed E-state index contributed by atoms with van der Waals surface area (Å²) >= 11 is 1.53. The Morgan fingerprint density at radius 2 is 2.30 bits per heavy atom. The van der Waals surface area contributed by atoms with Crippen LogP contribution in [0.1, 0.15) is 34.2 Å². The fraction of sp³-hybridized carbons (Fsp3) is 0.438. The summed E-state index contributed by atoms with van der Waals surface area (Å²) in [6.07, 6.45) is 5.86. The summed E-state index contributed by atoms with van der Waals surface area (Å²) in [5.41, 5.74) is 0.978. The van der Waals surface area contributed by atoms with Gasteiger partial charge in [0.1, 0.15) is 4.83 Å². The number of carbonyl (C=O) groups excluding carboxylic acids is 1. The van der Waals surface area contributed by atoms with Gasteiger partial charge in [-0.05, 0) is 31.9 Å². The Bertz CT molecular complexity index is 813. The number of nitrogens with zero attached hydrogens (tertiary/aromatic N) is 5. The van der Waals surface area contributed by atoms with Crippen LogP contribution in [0.3, 0.4) is 0 Å². The molecule has 4 heterocycles. The number of amides is 1. The van der Waals surface area contributed by atoms with Crippen molar-refractivity contribution in [1.82, 2.24) is 24.5 Å². The number of thiophene rings is 1. The van der Waals surface area contributed by atoms with Crippen LogP contribution < -0.4 is 0 Å². The van der Waals surface area contributed by atoms with Crippen LogP contribution >= 0.6 is 11.3 Å². The molecule has 1 aliphatic rings. The van der Waals surface area contributed by atoms with E-state index in [4.69, 9.17) is 0 Å². The minimum absolute atomic E-state index is 0.127. The summed E-state index contributed by atoms with van der Waals surface area (Å²) in [7, 11) is 1.93. The molecule has 3 aromatic rings. The molecule has 0 radical (unpaired) electrons. The first-order chi connectivity index (χ1) is 11.1. The number of aromatic nitrogens is 4. The molecule has 1 aliphatic heterocycles. The topological polar surface area (TPSA) is 56.0 Å². The fourth-order valence-electron chi connectivity index (χ4n) is 3.32. The van der Waals surface area contributed by atoms with Crippen LogP contribution in [-0.2, 0) is 7.05 Å². The molecule has 1 fully saturated rings. The lowest BCUT2D eigenvalue weighted by Gasteiger charge is -2.32. The van der Waals surface area contributed by atoms with E-state index >= 15 is 0 Å². The second-order valence-electron chi connectivity index (χ2n) is 6.07. The van der Waals surface area contributed by atoms with Crippen molar-refractivity contribution in [3.8, 4) is 0 Å². The first-order valence-corrected chi connectivity index (χ1v) is 8.66. The van der Waals surface area contributed by atoms with Gasteiger partial charge in [-0.1, -0.05) is 0 Å².